The average Bonchev–Trinajstić information content (AvgIpc) is 2.76. The van der Waals surface area contributed by atoms with Gasteiger partial charge in [-0.1, -0.05) is 0 Å². The molecule has 0 aliphatic rings. The van der Waals surface area contributed by atoms with Crippen molar-refractivity contribution >= 4 is 27.3 Å². The van der Waals surface area contributed by atoms with Crippen molar-refractivity contribution < 1.29 is 23.1 Å². The van der Waals surface area contributed by atoms with Gasteiger partial charge in [-0.15, -0.1) is 11.3 Å². The molecule has 0 aliphatic carbocycles. The van der Waals surface area contributed by atoms with Crippen LogP contribution in [0, 0.1) is 0 Å². The van der Waals surface area contributed by atoms with Crippen LogP contribution in [-0.2, 0) is 26.0 Å². The first-order valence-electron chi connectivity index (χ1n) is 6.12. The molecule has 0 aromatic carbocycles. The lowest BCUT2D eigenvalue weighted by molar-refractivity contribution is -0.136. The monoisotopic (exact) mass is 321 g/mol. The Morgan fingerprint density at radius 3 is 2.65 bits per heavy atom. The third-order valence-corrected chi connectivity index (χ3v) is 5.89. The van der Waals surface area contributed by atoms with Crippen LogP contribution in [0.5, 0.6) is 0 Å². The van der Waals surface area contributed by atoms with Crippen LogP contribution in [-0.4, -0.2) is 50.1 Å². The first-order chi connectivity index (χ1) is 9.23. The first-order valence-corrected chi connectivity index (χ1v) is 8.37. The molecule has 0 amide bonds. The van der Waals surface area contributed by atoms with Gasteiger partial charge in [-0.2, -0.15) is 4.31 Å². The summed E-state index contributed by atoms with van der Waals surface area (Å²) in [5, 5.41) is 8.69. The van der Waals surface area contributed by atoms with E-state index in [1.165, 1.54) is 23.5 Å². The Hall–Kier alpha value is -0.960. The number of sulfonamides is 1. The molecule has 0 aliphatic heterocycles. The van der Waals surface area contributed by atoms with Crippen molar-refractivity contribution in [1.82, 2.24) is 4.31 Å². The highest BCUT2D eigenvalue weighted by atomic mass is 32.2. The third kappa shape index (κ3) is 4.86. The summed E-state index contributed by atoms with van der Waals surface area (Å²) in [6.45, 7) is 4.34. The Bertz CT molecular complexity index is 550. The molecule has 0 spiro atoms. The minimum absolute atomic E-state index is 0.0509. The van der Waals surface area contributed by atoms with Crippen molar-refractivity contribution in [2.75, 3.05) is 20.2 Å². The molecular weight excluding hydrogens is 302 g/mol. The van der Waals surface area contributed by atoms with Gasteiger partial charge in [-0.25, -0.2) is 8.42 Å². The second-order valence-corrected chi connectivity index (χ2v) is 7.98. The van der Waals surface area contributed by atoms with E-state index in [0.717, 1.165) is 11.3 Å². The fraction of sp³-hybridized carbons (Fsp3) is 0.583. The maximum atomic E-state index is 12.2. The Morgan fingerprint density at radius 2 is 2.10 bits per heavy atom. The Balaban J connectivity index is 2.72. The smallest absolute Gasteiger partial charge is 0.308 e. The molecule has 1 heterocycles. The highest BCUT2D eigenvalue weighted by Gasteiger charge is 2.23. The van der Waals surface area contributed by atoms with Crippen LogP contribution in [0.1, 0.15) is 18.7 Å². The number of thiophene rings is 1. The lowest BCUT2D eigenvalue weighted by Crippen LogP contribution is -2.30. The Kier molecular flexibility index (Phi) is 6.12. The summed E-state index contributed by atoms with van der Waals surface area (Å²) in [6.07, 6.45) is -0.115. The molecule has 1 rings (SSSR count). The molecule has 1 aromatic rings. The molecule has 0 saturated carbocycles. The van der Waals surface area contributed by atoms with Crippen LogP contribution in [0.4, 0.5) is 0 Å². The SMILES string of the molecule is CC(C)OCCN(C)S(=O)(=O)c1ccc(CC(=O)O)s1. The van der Waals surface area contributed by atoms with Crippen LogP contribution in [0.3, 0.4) is 0 Å². The number of carboxylic acid groups (broad SMARTS) is 1. The van der Waals surface area contributed by atoms with E-state index >= 15 is 0 Å². The van der Waals surface area contributed by atoms with E-state index in [-0.39, 0.29) is 23.3 Å². The summed E-state index contributed by atoms with van der Waals surface area (Å²) in [4.78, 5) is 11.1. The van der Waals surface area contributed by atoms with Crippen LogP contribution in [0.25, 0.3) is 0 Å². The largest absolute Gasteiger partial charge is 0.481 e. The molecule has 0 bridgehead atoms. The van der Waals surface area contributed by atoms with Gasteiger partial charge in [-0.05, 0) is 26.0 Å². The summed E-state index contributed by atoms with van der Waals surface area (Å²) in [5.74, 6) is -0.977. The lowest BCUT2D eigenvalue weighted by atomic mass is 10.3. The van der Waals surface area contributed by atoms with E-state index in [1.54, 1.807) is 0 Å². The van der Waals surface area contributed by atoms with Crippen LogP contribution < -0.4 is 0 Å². The fourth-order valence-electron chi connectivity index (χ4n) is 1.43. The molecule has 6 nitrogen and oxygen atoms in total. The predicted octanol–water partition coefficient (Wildman–Crippen LogP) is 1.42. The van der Waals surface area contributed by atoms with E-state index in [4.69, 9.17) is 9.84 Å². The van der Waals surface area contributed by atoms with Gasteiger partial charge in [0.2, 0.25) is 0 Å². The van der Waals surface area contributed by atoms with Crippen molar-refractivity contribution in [3.05, 3.63) is 17.0 Å². The molecule has 114 valence electrons. The standard InChI is InChI=1S/C12H19NO5S2/c1-9(2)18-7-6-13(3)20(16,17)12-5-4-10(19-12)8-11(14)15/h4-5,9H,6-8H2,1-3H3,(H,14,15). The molecule has 1 N–H and O–H groups in total. The number of rotatable bonds is 8. The minimum atomic E-state index is -3.57. The zero-order valence-corrected chi connectivity index (χ0v) is 13.3. The van der Waals surface area contributed by atoms with Crippen LogP contribution in [0.2, 0.25) is 0 Å². The van der Waals surface area contributed by atoms with Crippen LogP contribution in [0.15, 0.2) is 16.3 Å². The molecule has 20 heavy (non-hydrogen) atoms. The third-order valence-electron chi connectivity index (χ3n) is 2.48. The van der Waals surface area contributed by atoms with Crippen molar-refractivity contribution in [2.45, 2.75) is 30.6 Å². The van der Waals surface area contributed by atoms with E-state index in [1.807, 2.05) is 13.8 Å². The molecule has 0 unspecified atom stereocenters. The number of ether oxygens (including phenoxy) is 1. The molecule has 0 saturated heterocycles. The predicted molar refractivity (Wildman–Crippen MR) is 76.6 cm³/mol. The second kappa shape index (κ2) is 7.16. The molecule has 0 fully saturated rings. The minimum Gasteiger partial charge on any atom is -0.481 e. The van der Waals surface area contributed by atoms with Crippen molar-refractivity contribution in [1.29, 1.82) is 0 Å². The summed E-state index contributed by atoms with van der Waals surface area (Å²) < 4.78 is 31.2. The highest BCUT2D eigenvalue weighted by molar-refractivity contribution is 7.91. The Morgan fingerprint density at radius 1 is 1.45 bits per heavy atom. The van der Waals surface area contributed by atoms with E-state index in [0.29, 0.717) is 11.5 Å². The number of hydrogen-bond acceptors (Lipinski definition) is 5. The van der Waals surface area contributed by atoms with Crippen molar-refractivity contribution in [3.8, 4) is 0 Å². The van der Waals surface area contributed by atoms with Gasteiger partial charge in [0.25, 0.3) is 10.0 Å². The van der Waals surface area contributed by atoms with Crippen molar-refractivity contribution in [3.63, 3.8) is 0 Å². The van der Waals surface area contributed by atoms with Gasteiger partial charge in [0.05, 0.1) is 19.1 Å². The van der Waals surface area contributed by atoms with Gasteiger partial charge in [0.15, 0.2) is 0 Å². The Labute approximate surface area is 123 Å². The molecule has 1 aromatic heterocycles. The number of carboxylic acids is 1. The summed E-state index contributed by atoms with van der Waals surface area (Å²) in [6, 6.07) is 2.97. The number of likely N-dealkylation sites (N-methyl/N-ethyl adjacent to an activating group) is 1. The number of hydrogen-bond donors (Lipinski definition) is 1. The summed E-state index contributed by atoms with van der Waals surface area (Å²) in [7, 11) is -2.09. The zero-order chi connectivity index (χ0) is 15.3. The average molecular weight is 321 g/mol. The first kappa shape index (κ1) is 17.1. The summed E-state index contributed by atoms with van der Waals surface area (Å²) >= 11 is 0.985. The molecular formula is C12H19NO5S2. The van der Waals surface area contributed by atoms with Gasteiger partial charge in [-0.3, -0.25) is 4.79 Å². The second-order valence-electron chi connectivity index (χ2n) is 4.54. The fourth-order valence-corrected chi connectivity index (χ4v) is 4.14. The topological polar surface area (TPSA) is 83.9 Å². The molecule has 0 atom stereocenters. The molecule has 0 radical (unpaired) electrons. The van der Waals surface area contributed by atoms with E-state index < -0.39 is 16.0 Å². The maximum Gasteiger partial charge on any atom is 0.308 e. The van der Waals surface area contributed by atoms with E-state index in [9.17, 15) is 13.2 Å². The summed E-state index contributed by atoms with van der Waals surface area (Å²) in [5.41, 5.74) is 0. The lowest BCUT2D eigenvalue weighted by Gasteiger charge is -2.16. The quantitative estimate of drug-likeness (QED) is 0.783. The molecule has 8 heteroatoms. The zero-order valence-electron chi connectivity index (χ0n) is 11.7. The maximum absolute atomic E-state index is 12.2. The number of carbonyl (C=O) groups is 1. The highest BCUT2D eigenvalue weighted by Crippen LogP contribution is 2.24. The van der Waals surface area contributed by atoms with E-state index in [2.05, 4.69) is 0 Å². The normalized spacial score (nSPS) is 12.2. The van der Waals surface area contributed by atoms with Gasteiger partial charge < -0.3 is 9.84 Å². The van der Waals surface area contributed by atoms with Crippen LogP contribution >= 0.6 is 11.3 Å². The van der Waals surface area contributed by atoms with Gasteiger partial charge in [0, 0.05) is 18.5 Å². The van der Waals surface area contributed by atoms with Gasteiger partial charge >= 0.3 is 5.97 Å². The number of nitrogens with zero attached hydrogens (tertiary/aromatic N) is 1. The van der Waals surface area contributed by atoms with Gasteiger partial charge in [0.1, 0.15) is 4.21 Å². The number of aliphatic carboxylic acids is 1. The van der Waals surface area contributed by atoms with Crippen molar-refractivity contribution in [2.24, 2.45) is 0 Å².